The largest absolute Gasteiger partial charge is 0.370 e. The van der Waals surface area contributed by atoms with Crippen LogP contribution in [-0.2, 0) is 10.3 Å². The summed E-state index contributed by atoms with van der Waals surface area (Å²) in [6.07, 6.45) is 4.12. The average molecular weight is 354 g/mol. The Hall–Kier alpha value is 0.1000. The molecule has 100 valence electrons. The lowest BCUT2D eigenvalue weighted by molar-refractivity contribution is -0.0646. The third-order valence-electron chi connectivity index (χ3n) is 3.52. The van der Waals surface area contributed by atoms with Crippen molar-refractivity contribution in [3.8, 4) is 0 Å². The van der Waals surface area contributed by atoms with Gasteiger partial charge in [0, 0.05) is 7.11 Å². The van der Waals surface area contributed by atoms with Crippen LogP contribution < -0.4 is 0 Å². The van der Waals surface area contributed by atoms with Crippen LogP contribution in [0.1, 0.15) is 38.4 Å². The van der Waals surface area contributed by atoms with Gasteiger partial charge in [-0.3, -0.25) is 0 Å². The Balaban J connectivity index is 2.44. The molecule has 0 amide bonds. The van der Waals surface area contributed by atoms with Crippen molar-refractivity contribution >= 4 is 39.1 Å². The number of halogens is 3. The second kappa shape index (κ2) is 5.61. The minimum Gasteiger partial charge on any atom is -0.370 e. The van der Waals surface area contributed by atoms with Crippen LogP contribution in [-0.4, -0.2) is 17.1 Å². The van der Waals surface area contributed by atoms with Crippen LogP contribution in [0.3, 0.4) is 0 Å². The third kappa shape index (κ3) is 2.67. The number of ether oxygens (including phenoxy) is 1. The van der Waals surface area contributed by atoms with E-state index in [0.717, 1.165) is 19.3 Å². The summed E-state index contributed by atoms with van der Waals surface area (Å²) in [7, 11) is 1.70. The molecule has 2 atom stereocenters. The van der Waals surface area contributed by atoms with Gasteiger partial charge >= 0.3 is 0 Å². The molecular weight excluding hydrogens is 339 g/mol. The van der Waals surface area contributed by atoms with E-state index in [-0.39, 0.29) is 0 Å². The summed E-state index contributed by atoms with van der Waals surface area (Å²) in [5.41, 5.74) is -0.453. The summed E-state index contributed by atoms with van der Waals surface area (Å²) in [5.74, 6) is 1.18. The molecule has 1 aromatic heterocycles. The minimum absolute atomic E-state index is 0.333. The summed E-state index contributed by atoms with van der Waals surface area (Å²) in [6, 6.07) is 0. The summed E-state index contributed by atoms with van der Waals surface area (Å²) < 4.78 is 6.26. The van der Waals surface area contributed by atoms with Crippen LogP contribution in [0.25, 0.3) is 0 Å². The number of methoxy groups -OCH3 is 1. The summed E-state index contributed by atoms with van der Waals surface area (Å²) in [6.45, 7) is 2.22. The zero-order chi connectivity index (χ0) is 13.3. The molecule has 0 radical (unpaired) electrons. The van der Waals surface area contributed by atoms with Gasteiger partial charge in [-0.2, -0.15) is 0 Å². The highest BCUT2D eigenvalue weighted by molar-refractivity contribution is 9.10. The lowest BCUT2D eigenvalue weighted by Crippen LogP contribution is -2.36. The molecular formula is C12H15BrCl2N2O. The maximum Gasteiger partial charge on any atom is 0.163 e. The van der Waals surface area contributed by atoms with Crippen molar-refractivity contribution in [2.45, 2.75) is 38.2 Å². The van der Waals surface area contributed by atoms with Crippen molar-refractivity contribution in [1.29, 1.82) is 0 Å². The normalized spacial score (nSPS) is 28.4. The van der Waals surface area contributed by atoms with Crippen LogP contribution in [0.2, 0.25) is 10.3 Å². The fraction of sp³-hybridized carbons (Fsp3) is 0.667. The average Bonchev–Trinajstić information content (AvgIpc) is 2.35. The predicted octanol–water partition coefficient (Wildman–Crippen LogP) is 4.60. The standard InChI is InChI=1S/C12H15BrCl2N2O/c1-7-4-3-5-12(6-7,18-2)11-16-9(14)8(13)10(15)17-11/h7H,3-6H2,1-2H3. The molecule has 1 aromatic rings. The quantitative estimate of drug-likeness (QED) is 0.729. The molecule has 1 saturated carbocycles. The molecule has 0 saturated heterocycles. The number of nitrogens with zero attached hydrogens (tertiary/aromatic N) is 2. The molecule has 0 N–H and O–H groups in total. The van der Waals surface area contributed by atoms with E-state index in [2.05, 4.69) is 32.8 Å². The van der Waals surface area contributed by atoms with Gasteiger partial charge in [0.1, 0.15) is 15.9 Å². The zero-order valence-corrected chi connectivity index (χ0v) is 13.4. The highest BCUT2D eigenvalue weighted by Gasteiger charge is 2.40. The topological polar surface area (TPSA) is 35.0 Å². The molecule has 1 aliphatic carbocycles. The molecule has 0 aliphatic heterocycles. The van der Waals surface area contributed by atoms with Crippen molar-refractivity contribution in [3.63, 3.8) is 0 Å². The van der Waals surface area contributed by atoms with Gasteiger partial charge in [-0.15, -0.1) is 0 Å². The second-order valence-electron chi connectivity index (χ2n) is 4.84. The van der Waals surface area contributed by atoms with E-state index in [0.29, 0.717) is 26.5 Å². The van der Waals surface area contributed by atoms with Crippen molar-refractivity contribution in [3.05, 3.63) is 20.6 Å². The van der Waals surface area contributed by atoms with E-state index in [9.17, 15) is 0 Å². The molecule has 1 heterocycles. The molecule has 0 bridgehead atoms. The molecule has 2 rings (SSSR count). The van der Waals surface area contributed by atoms with Crippen LogP contribution in [0, 0.1) is 5.92 Å². The van der Waals surface area contributed by atoms with E-state index < -0.39 is 5.60 Å². The van der Waals surface area contributed by atoms with Crippen LogP contribution in [0.4, 0.5) is 0 Å². The minimum atomic E-state index is -0.453. The monoisotopic (exact) mass is 352 g/mol. The van der Waals surface area contributed by atoms with Crippen molar-refractivity contribution < 1.29 is 4.74 Å². The SMILES string of the molecule is COC1(c2nc(Cl)c(Br)c(Cl)n2)CCCC(C)C1. The zero-order valence-electron chi connectivity index (χ0n) is 10.3. The lowest BCUT2D eigenvalue weighted by Gasteiger charge is -2.37. The highest BCUT2D eigenvalue weighted by Crippen LogP contribution is 2.42. The molecule has 18 heavy (non-hydrogen) atoms. The van der Waals surface area contributed by atoms with Crippen LogP contribution >= 0.6 is 39.1 Å². The number of rotatable bonds is 2. The predicted molar refractivity (Wildman–Crippen MR) is 76.1 cm³/mol. The van der Waals surface area contributed by atoms with E-state index in [1.54, 1.807) is 7.11 Å². The molecule has 1 fully saturated rings. The maximum atomic E-state index is 6.06. The first-order valence-electron chi connectivity index (χ1n) is 5.92. The first-order valence-corrected chi connectivity index (χ1v) is 7.47. The van der Waals surface area contributed by atoms with Gasteiger partial charge in [-0.05, 0) is 41.1 Å². The first-order chi connectivity index (χ1) is 8.48. The molecule has 6 heteroatoms. The van der Waals surface area contributed by atoms with Gasteiger partial charge in [0.05, 0.1) is 4.47 Å². The Morgan fingerprint density at radius 1 is 1.33 bits per heavy atom. The summed E-state index contributed by atoms with van der Waals surface area (Å²) >= 11 is 15.4. The van der Waals surface area contributed by atoms with E-state index in [1.807, 2.05) is 0 Å². The van der Waals surface area contributed by atoms with E-state index >= 15 is 0 Å². The Kier molecular flexibility index (Phi) is 4.52. The van der Waals surface area contributed by atoms with Crippen LogP contribution in [0.15, 0.2) is 4.47 Å². The first kappa shape index (κ1) is 14.5. The maximum absolute atomic E-state index is 6.06. The second-order valence-corrected chi connectivity index (χ2v) is 6.35. The van der Waals surface area contributed by atoms with Gasteiger partial charge in [-0.1, -0.05) is 36.5 Å². The molecule has 2 unspecified atom stereocenters. The molecule has 1 aliphatic rings. The van der Waals surface area contributed by atoms with Crippen LogP contribution in [0.5, 0.6) is 0 Å². The van der Waals surface area contributed by atoms with Crippen molar-refractivity contribution in [1.82, 2.24) is 9.97 Å². The number of hydrogen-bond acceptors (Lipinski definition) is 3. The number of aromatic nitrogens is 2. The van der Waals surface area contributed by atoms with Gasteiger partial charge in [0.25, 0.3) is 0 Å². The Bertz CT molecular complexity index is 435. The highest BCUT2D eigenvalue weighted by atomic mass is 79.9. The lowest BCUT2D eigenvalue weighted by atomic mass is 9.78. The smallest absolute Gasteiger partial charge is 0.163 e. The fourth-order valence-corrected chi connectivity index (χ4v) is 3.15. The van der Waals surface area contributed by atoms with Crippen molar-refractivity contribution in [2.24, 2.45) is 5.92 Å². The molecule has 0 spiro atoms. The Morgan fingerprint density at radius 2 is 1.94 bits per heavy atom. The van der Waals surface area contributed by atoms with Gasteiger partial charge in [0.15, 0.2) is 5.82 Å². The molecule has 0 aromatic carbocycles. The fourth-order valence-electron chi connectivity index (χ4n) is 2.58. The van der Waals surface area contributed by atoms with E-state index in [1.165, 1.54) is 6.42 Å². The summed E-state index contributed by atoms with van der Waals surface area (Å²) in [5, 5.41) is 0.666. The van der Waals surface area contributed by atoms with Gasteiger partial charge < -0.3 is 4.74 Å². The van der Waals surface area contributed by atoms with E-state index in [4.69, 9.17) is 27.9 Å². The van der Waals surface area contributed by atoms with Gasteiger partial charge in [0.2, 0.25) is 0 Å². The Morgan fingerprint density at radius 3 is 2.44 bits per heavy atom. The van der Waals surface area contributed by atoms with Crippen molar-refractivity contribution in [2.75, 3.05) is 7.11 Å². The third-order valence-corrected chi connectivity index (χ3v) is 5.28. The number of hydrogen-bond donors (Lipinski definition) is 0. The molecule has 3 nitrogen and oxygen atoms in total. The van der Waals surface area contributed by atoms with Gasteiger partial charge in [-0.25, -0.2) is 9.97 Å². The summed E-state index contributed by atoms with van der Waals surface area (Å²) in [4.78, 5) is 8.67. The Labute approximate surface area is 125 Å².